The Morgan fingerprint density at radius 3 is 1.95 bits per heavy atom. The van der Waals surface area contributed by atoms with Crippen LogP contribution in [0.5, 0.6) is 23.0 Å². The van der Waals surface area contributed by atoms with Crippen LogP contribution in [-0.2, 0) is 25.6 Å². The summed E-state index contributed by atoms with van der Waals surface area (Å²) in [6.45, 7) is 8.53. The lowest BCUT2D eigenvalue weighted by Crippen LogP contribution is -2.13. The van der Waals surface area contributed by atoms with Gasteiger partial charge >= 0.3 is 23.9 Å². The summed E-state index contributed by atoms with van der Waals surface area (Å²) in [6, 6.07) is 5.48. The molecule has 0 unspecified atom stereocenters. The van der Waals surface area contributed by atoms with Crippen LogP contribution in [0.15, 0.2) is 51.4 Å². The van der Waals surface area contributed by atoms with Gasteiger partial charge in [0.2, 0.25) is 5.43 Å². The summed E-state index contributed by atoms with van der Waals surface area (Å²) in [5.74, 6) is -2.60. The van der Waals surface area contributed by atoms with Gasteiger partial charge in [-0.1, -0.05) is 11.6 Å². The second-order valence-corrected chi connectivity index (χ2v) is 8.55. The molecule has 0 atom stereocenters. The Labute approximate surface area is 217 Å². The molecule has 0 fully saturated rings. The van der Waals surface area contributed by atoms with E-state index >= 15 is 0 Å². The van der Waals surface area contributed by atoms with E-state index in [1.807, 2.05) is 19.9 Å². The normalized spacial score (nSPS) is 10.5. The highest BCUT2D eigenvalue weighted by atomic mass is 16.6. The molecule has 0 saturated heterocycles. The molecule has 1 heterocycles. The van der Waals surface area contributed by atoms with Crippen LogP contribution in [0, 0.1) is 0 Å². The molecule has 10 nitrogen and oxygen atoms in total. The predicted molar refractivity (Wildman–Crippen MR) is 136 cm³/mol. The molecule has 1 aromatic heterocycles. The van der Waals surface area contributed by atoms with Gasteiger partial charge in [0.1, 0.15) is 40.2 Å². The minimum Gasteiger partial charge on any atom is -0.463 e. The summed E-state index contributed by atoms with van der Waals surface area (Å²) in [4.78, 5) is 60.7. The molecule has 198 valence electrons. The molecule has 2 aromatic carbocycles. The Balaban J connectivity index is 2.37. The van der Waals surface area contributed by atoms with Crippen molar-refractivity contribution in [1.29, 1.82) is 0 Å². The first-order valence-corrected chi connectivity index (χ1v) is 11.5. The Morgan fingerprint density at radius 2 is 1.37 bits per heavy atom. The fraction of sp³-hybridized carbons (Fsp3) is 0.250. The third-order valence-corrected chi connectivity index (χ3v) is 5.05. The summed E-state index contributed by atoms with van der Waals surface area (Å²) in [7, 11) is 0. The molecule has 0 amide bonds. The lowest BCUT2D eigenvalue weighted by molar-refractivity contribution is -0.133. The third kappa shape index (κ3) is 6.52. The predicted octanol–water partition coefficient (Wildman–Crippen LogP) is 4.67. The molecule has 0 radical (unpaired) electrons. The van der Waals surface area contributed by atoms with Crippen molar-refractivity contribution in [1.82, 2.24) is 0 Å². The van der Waals surface area contributed by atoms with Crippen molar-refractivity contribution < 1.29 is 42.5 Å². The molecular weight excluding hydrogens is 496 g/mol. The molecule has 3 rings (SSSR count). The maximum Gasteiger partial charge on any atom is 0.308 e. The molecule has 0 spiro atoms. The minimum absolute atomic E-state index is 0.00553. The monoisotopic (exact) mass is 522 g/mol. The van der Waals surface area contributed by atoms with Crippen LogP contribution >= 0.6 is 0 Å². The van der Waals surface area contributed by atoms with E-state index in [9.17, 15) is 24.0 Å². The first-order chi connectivity index (χ1) is 17.9. The number of allylic oxidation sites excluding steroid dienone is 2. The smallest absolute Gasteiger partial charge is 0.308 e. The number of rotatable bonds is 7. The van der Waals surface area contributed by atoms with Gasteiger partial charge in [0.15, 0.2) is 0 Å². The Kier molecular flexibility index (Phi) is 8.46. The standard InChI is InChI=1S/C28H26O10/c1-14(2)7-8-21-23(36-16(4)30)10-9-20(28(21)38-18(6)32)22-13-34-24-11-19(35-15(3)29)12-25(37-17(5)31)26(24)27(22)33/h7,9-13H,8H2,1-6H3. The van der Waals surface area contributed by atoms with E-state index in [1.54, 1.807) is 0 Å². The summed E-state index contributed by atoms with van der Waals surface area (Å²) in [5.41, 5.74) is 0.858. The van der Waals surface area contributed by atoms with Crippen LogP contribution in [0.2, 0.25) is 0 Å². The van der Waals surface area contributed by atoms with E-state index in [0.29, 0.717) is 5.56 Å². The molecule has 0 aliphatic rings. The number of hydrogen-bond donors (Lipinski definition) is 0. The zero-order valence-electron chi connectivity index (χ0n) is 21.8. The number of benzene rings is 2. The summed E-state index contributed by atoms with van der Waals surface area (Å²) in [5, 5.41) is -0.0997. The zero-order valence-corrected chi connectivity index (χ0v) is 21.8. The molecule has 0 aliphatic heterocycles. The van der Waals surface area contributed by atoms with Crippen molar-refractivity contribution in [3.8, 4) is 34.1 Å². The van der Waals surface area contributed by atoms with Crippen LogP contribution in [-0.4, -0.2) is 23.9 Å². The van der Waals surface area contributed by atoms with Crippen LogP contribution in [0.1, 0.15) is 47.1 Å². The number of carbonyl (C=O) groups excluding carboxylic acids is 4. The van der Waals surface area contributed by atoms with Gasteiger partial charge in [0.25, 0.3) is 0 Å². The third-order valence-electron chi connectivity index (χ3n) is 5.05. The fourth-order valence-electron chi connectivity index (χ4n) is 3.67. The van der Waals surface area contributed by atoms with E-state index in [0.717, 1.165) is 18.8 Å². The van der Waals surface area contributed by atoms with E-state index in [-0.39, 0.29) is 51.5 Å². The Morgan fingerprint density at radius 1 is 0.763 bits per heavy atom. The van der Waals surface area contributed by atoms with Gasteiger partial charge in [-0.3, -0.25) is 24.0 Å². The fourth-order valence-corrected chi connectivity index (χ4v) is 3.67. The van der Waals surface area contributed by atoms with Crippen molar-refractivity contribution in [2.24, 2.45) is 0 Å². The maximum atomic E-state index is 13.7. The van der Waals surface area contributed by atoms with Gasteiger partial charge < -0.3 is 23.4 Å². The zero-order chi connectivity index (χ0) is 28.1. The van der Waals surface area contributed by atoms with Crippen molar-refractivity contribution in [2.75, 3.05) is 0 Å². The maximum absolute atomic E-state index is 13.7. The number of esters is 4. The van der Waals surface area contributed by atoms with Gasteiger partial charge in [-0.25, -0.2) is 0 Å². The highest BCUT2D eigenvalue weighted by molar-refractivity contribution is 5.92. The molecule has 0 aliphatic carbocycles. The molecule has 0 bridgehead atoms. The SMILES string of the molecule is CC(=O)Oc1cc(OC(C)=O)c2c(=O)c(-c3ccc(OC(C)=O)c(CC=C(C)C)c3OC(C)=O)coc2c1. The summed E-state index contributed by atoms with van der Waals surface area (Å²) >= 11 is 0. The Bertz CT molecular complexity index is 1540. The summed E-state index contributed by atoms with van der Waals surface area (Å²) < 4.78 is 26.9. The van der Waals surface area contributed by atoms with Crippen LogP contribution < -0.4 is 24.4 Å². The van der Waals surface area contributed by atoms with Gasteiger partial charge in [0, 0.05) is 51.0 Å². The topological polar surface area (TPSA) is 135 Å². The number of carbonyl (C=O) groups is 4. The summed E-state index contributed by atoms with van der Waals surface area (Å²) in [6.07, 6.45) is 3.22. The number of hydrogen-bond acceptors (Lipinski definition) is 10. The highest BCUT2D eigenvalue weighted by Crippen LogP contribution is 2.40. The van der Waals surface area contributed by atoms with Gasteiger partial charge in [-0.2, -0.15) is 0 Å². The largest absolute Gasteiger partial charge is 0.463 e. The molecule has 0 saturated carbocycles. The average Bonchev–Trinajstić information content (AvgIpc) is 2.77. The molecule has 3 aromatic rings. The van der Waals surface area contributed by atoms with Crippen LogP contribution in [0.3, 0.4) is 0 Å². The minimum atomic E-state index is -0.716. The second kappa shape index (κ2) is 11.5. The molecular formula is C28H26O10. The lowest BCUT2D eigenvalue weighted by atomic mass is 9.98. The van der Waals surface area contributed by atoms with E-state index in [4.69, 9.17) is 23.4 Å². The van der Waals surface area contributed by atoms with Crippen LogP contribution in [0.4, 0.5) is 0 Å². The molecule has 10 heteroatoms. The van der Waals surface area contributed by atoms with Crippen molar-refractivity contribution in [3.63, 3.8) is 0 Å². The van der Waals surface area contributed by atoms with Gasteiger partial charge in [0.05, 0.1) is 5.56 Å². The van der Waals surface area contributed by atoms with Crippen molar-refractivity contribution >= 4 is 34.8 Å². The molecule has 0 N–H and O–H groups in total. The quantitative estimate of drug-likeness (QED) is 0.245. The lowest BCUT2D eigenvalue weighted by Gasteiger charge is -2.17. The molecule has 38 heavy (non-hydrogen) atoms. The highest BCUT2D eigenvalue weighted by Gasteiger charge is 2.24. The number of ether oxygens (including phenoxy) is 4. The average molecular weight is 523 g/mol. The van der Waals surface area contributed by atoms with E-state index in [1.165, 1.54) is 45.0 Å². The van der Waals surface area contributed by atoms with Crippen molar-refractivity contribution in [3.05, 3.63) is 58.0 Å². The number of fused-ring (bicyclic) bond motifs is 1. The first-order valence-electron chi connectivity index (χ1n) is 11.5. The van der Waals surface area contributed by atoms with E-state index < -0.39 is 29.3 Å². The Hall–Kier alpha value is -4.73. The second-order valence-electron chi connectivity index (χ2n) is 8.55. The van der Waals surface area contributed by atoms with Crippen molar-refractivity contribution in [2.45, 2.75) is 48.0 Å². The van der Waals surface area contributed by atoms with Crippen LogP contribution in [0.25, 0.3) is 22.1 Å². The van der Waals surface area contributed by atoms with Gasteiger partial charge in [-0.15, -0.1) is 0 Å². The first kappa shape index (κ1) is 27.9. The van der Waals surface area contributed by atoms with Gasteiger partial charge in [-0.05, 0) is 32.4 Å². The van der Waals surface area contributed by atoms with E-state index in [2.05, 4.69) is 0 Å².